The van der Waals surface area contributed by atoms with E-state index in [9.17, 15) is 17.2 Å². The van der Waals surface area contributed by atoms with Crippen molar-refractivity contribution in [2.75, 3.05) is 0 Å². The van der Waals surface area contributed by atoms with Crippen molar-refractivity contribution in [2.24, 2.45) is 0 Å². The minimum absolute atomic E-state index is 0.00538. The van der Waals surface area contributed by atoms with Gasteiger partial charge in [0.05, 0.1) is 21.6 Å². The van der Waals surface area contributed by atoms with Crippen LogP contribution < -0.4 is 5.46 Å². The average molecular weight is 433 g/mol. The molecular formula is C21H22BF2NO4S. The molecule has 0 unspecified atom stereocenters. The molecule has 0 aliphatic carbocycles. The van der Waals surface area contributed by atoms with E-state index in [2.05, 4.69) is 0 Å². The summed E-state index contributed by atoms with van der Waals surface area (Å²) in [4.78, 5) is -0.00538. The Morgan fingerprint density at radius 2 is 1.53 bits per heavy atom. The summed E-state index contributed by atoms with van der Waals surface area (Å²) in [6.07, 6.45) is 1.25. The molecule has 1 aromatic heterocycles. The van der Waals surface area contributed by atoms with Gasteiger partial charge in [0.2, 0.25) is 0 Å². The van der Waals surface area contributed by atoms with E-state index in [1.54, 1.807) is 12.1 Å². The Balaban J connectivity index is 1.96. The van der Waals surface area contributed by atoms with Gasteiger partial charge >= 0.3 is 7.12 Å². The zero-order chi connectivity index (χ0) is 22.1. The molecule has 0 saturated carbocycles. The SMILES string of the molecule is Cc1ccc(S(=O)(=O)n2cc(B3OC(C)(C)C(C)(C)O3)c3cc(F)cc(F)c32)cc1. The maximum absolute atomic E-state index is 14.8. The van der Waals surface area contributed by atoms with Crippen LogP contribution in [0.15, 0.2) is 47.5 Å². The number of rotatable bonds is 3. The van der Waals surface area contributed by atoms with Gasteiger partial charge in [-0.05, 0) is 52.8 Å². The summed E-state index contributed by atoms with van der Waals surface area (Å²) in [6, 6.07) is 7.98. The molecule has 0 N–H and O–H groups in total. The fraction of sp³-hybridized carbons (Fsp3) is 0.333. The minimum Gasteiger partial charge on any atom is -0.399 e. The van der Waals surface area contributed by atoms with Crippen molar-refractivity contribution in [3.8, 4) is 0 Å². The predicted molar refractivity (Wildman–Crippen MR) is 111 cm³/mol. The van der Waals surface area contributed by atoms with Gasteiger partial charge in [-0.15, -0.1) is 0 Å². The molecular weight excluding hydrogens is 411 g/mol. The van der Waals surface area contributed by atoms with Crippen LogP contribution in [0, 0.1) is 18.6 Å². The monoisotopic (exact) mass is 433 g/mol. The molecule has 4 rings (SSSR count). The Kier molecular flexibility index (Phi) is 4.65. The summed E-state index contributed by atoms with van der Waals surface area (Å²) in [5, 5.41) is 0.0849. The summed E-state index contributed by atoms with van der Waals surface area (Å²) >= 11 is 0. The van der Waals surface area contributed by atoms with Crippen LogP contribution in [0.5, 0.6) is 0 Å². The van der Waals surface area contributed by atoms with Crippen LogP contribution in [0.2, 0.25) is 0 Å². The highest BCUT2D eigenvalue weighted by Crippen LogP contribution is 2.37. The van der Waals surface area contributed by atoms with Gasteiger partial charge < -0.3 is 9.31 Å². The zero-order valence-corrected chi connectivity index (χ0v) is 18.2. The molecule has 9 heteroatoms. The second-order valence-electron chi connectivity index (χ2n) is 8.57. The highest BCUT2D eigenvalue weighted by Gasteiger charge is 2.52. The van der Waals surface area contributed by atoms with Crippen LogP contribution in [0.4, 0.5) is 8.78 Å². The zero-order valence-electron chi connectivity index (χ0n) is 17.4. The van der Waals surface area contributed by atoms with Gasteiger partial charge in [-0.3, -0.25) is 0 Å². The molecule has 5 nitrogen and oxygen atoms in total. The van der Waals surface area contributed by atoms with Crippen LogP contribution in [-0.4, -0.2) is 30.7 Å². The summed E-state index contributed by atoms with van der Waals surface area (Å²) in [7, 11) is -5.12. The first kappa shape index (κ1) is 21.0. The van der Waals surface area contributed by atoms with Crippen LogP contribution in [0.25, 0.3) is 10.9 Å². The molecule has 1 fully saturated rings. The number of halogens is 2. The molecule has 30 heavy (non-hydrogen) atoms. The lowest BCUT2D eigenvalue weighted by Gasteiger charge is -2.32. The number of benzene rings is 2. The van der Waals surface area contributed by atoms with E-state index in [0.717, 1.165) is 15.6 Å². The first-order valence-electron chi connectivity index (χ1n) is 9.51. The fourth-order valence-corrected chi connectivity index (χ4v) is 4.83. The number of fused-ring (bicyclic) bond motifs is 1. The molecule has 158 valence electrons. The molecule has 0 amide bonds. The summed E-state index contributed by atoms with van der Waals surface area (Å²) < 4.78 is 68.3. The Labute approximate surface area is 174 Å². The van der Waals surface area contributed by atoms with E-state index >= 15 is 0 Å². The Hall–Kier alpha value is -2.23. The van der Waals surface area contributed by atoms with Crippen molar-refractivity contribution >= 4 is 33.5 Å². The van der Waals surface area contributed by atoms with Gasteiger partial charge in [0.1, 0.15) is 5.82 Å². The van der Waals surface area contributed by atoms with Crippen molar-refractivity contribution in [1.29, 1.82) is 0 Å². The molecule has 2 aromatic carbocycles. The first-order chi connectivity index (χ1) is 13.8. The van der Waals surface area contributed by atoms with Crippen LogP contribution >= 0.6 is 0 Å². The molecule has 3 aromatic rings. The third-order valence-electron chi connectivity index (χ3n) is 5.90. The van der Waals surface area contributed by atoms with E-state index in [4.69, 9.17) is 9.31 Å². The van der Waals surface area contributed by atoms with Gasteiger partial charge in [-0.25, -0.2) is 21.2 Å². The summed E-state index contributed by atoms with van der Waals surface area (Å²) in [5.74, 6) is -1.80. The number of nitrogens with zero attached hydrogens (tertiary/aromatic N) is 1. The van der Waals surface area contributed by atoms with Gasteiger partial charge in [0, 0.05) is 23.1 Å². The topological polar surface area (TPSA) is 57.5 Å². The standard InChI is InChI=1S/C21H22BF2NO4S/c1-13-6-8-15(9-7-13)30(26,27)25-12-17(16-10-14(23)11-18(24)19(16)25)22-28-20(2,3)21(4,5)29-22/h6-12H,1-5H3. The number of hydrogen-bond acceptors (Lipinski definition) is 4. The Morgan fingerprint density at radius 3 is 2.10 bits per heavy atom. The minimum atomic E-state index is -4.14. The predicted octanol–water partition coefficient (Wildman–Crippen LogP) is 3.76. The number of aryl methyl sites for hydroxylation is 1. The normalized spacial score (nSPS) is 18.3. The maximum atomic E-state index is 14.8. The lowest BCUT2D eigenvalue weighted by atomic mass is 9.79. The molecule has 0 atom stereocenters. The molecule has 2 heterocycles. The Morgan fingerprint density at radius 1 is 0.967 bits per heavy atom. The van der Waals surface area contributed by atoms with Crippen molar-refractivity contribution in [3.05, 3.63) is 59.8 Å². The third kappa shape index (κ3) is 3.16. The maximum Gasteiger partial charge on any atom is 0.497 e. The van der Waals surface area contributed by atoms with E-state index in [1.165, 1.54) is 18.3 Å². The summed E-state index contributed by atoms with van der Waals surface area (Å²) in [6.45, 7) is 9.21. The molecule has 1 aliphatic rings. The van der Waals surface area contributed by atoms with Crippen LogP contribution in [0.1, 0.15) is 33.3 Å². The second-order valence-corrected chi connectivity index (χ2v) is 10.4. The van der Waals surface area contributed by atoms with Gasteiger partial charge in [-0.1, -0.05) is 17.7 Å². The first-order valence-corrected chi connectivity index (χ1v) is 11.0. The molecule has 0 spiro atoms. The summed E-state index contributed by atoms with van der Waals surface area (Å²) in [5.41, 5.74) is -0.515. The molecule has 1 aliphatic heterocycles. The van der Waals surface area contributed by atoms with E-state index in [-0.39, 0.29) is 21.3 Å². The highest BCUT2D eigenvalue weighted by atomic mass is 32.2. The lowest BCUT2D eigenvalue weighted by Crippen LogP contribution is -2.41. The third-order valence-corrected chi connectivity index (χ3v) is 7.57. The van der Waals surface area contributed by atoms with Crippen LogP contribution in [-0.2, 0) is 19.3 Å². The van der Waals surface area contributed by atoms with Crippen molar-refractivity contribution in [1.82, 2.24) is 3.97 Å². The van der Waals surface area contributed by atoms with Gasteiger partial charge in [0.25, 0.3) is 10.0 Å². The number of aromatic nitrogens is 1. The van der Waals surface area contributed by atoms with E-state index < -0.39 is 40.0 Å². The van der Waals surface area contributed by atoms with E-state index in [0.29, 0.717) is 6.07 Å². The molecule has 0 bridgehead atoms. The quantitative estimate of drug-likeness (QED) is 0.591. The van der Waals surface area contributed by atoms with Crippen molar-refractivity contribution in [2.45, 2.75) is 50.7 Å². The van der Waals surface area contributed by atoms with Crippen molar-refractivity contribution in [3.63, 3.8) is 0 Å². The smallest absolute Gasteiger partial charge is 0.399 e. The van der Waals surface area contributed by atoms with E-state index in [1.807, 2.05) is 34.6 Å². The van der Waals surface area contributed by atoms with Crippen LogP contribution in [0.3, 0.4) is 0 Å². The van der Waals surface area contributed by atoms with Gasteiger partial charge in [0.15, 0.2) is 5.82 Å². The van der Waals surface area contributed by atoms with Gasteiger partial charge in [-0.2, -0.15) is 0 Å². The number of hydrogen-bond donors (Lipinski definition) is 0. The largest absolute Gasteiger partial charge is 0.497 e. The van der Waals surface area contributed by atoms with Crippen molar-refractivity contribution < 1.29 is 26.5 Å². The fourth-order valence-electron chi connectivity index (χ4n) is 3.44. The molecule has 0 radical (unpaired) electrons. The second kappa shape index (κ2) is 6.64. The highest BCUT2D eigenvalue weighted by molar-refractivity contribution is 7.90. The lowest BCUT2D eigenvalue weighted by molar-refractivity contribution is 0.00578. The molecule has 1 saturated heterocycles. The Bertz CT molecular complexity index is 1230. The average Bonchev–Trinajstić information content (AvgIpc) is 3.10.